The van der Waals surface area contributed by atoms with Crippen LogP contribution < -0.4 is 0 Å². The molecule has 4 heteroatoms. The van der Waals surface area contributed by atoms with Gasteiger partial charge in [0.15, 0.2) is 0 Å². The van der Waals surface area contributed by atoms with Gasteiger partial charge in [-0.15, -0.1) is 0 Å². The van der Waals surface area contributed by atoms with Crippen LogP contribution >= 0.6 is 0 Å². The first-order valence-corrected chi connectivity index (χ1v) is 9.58. The molecule has 1 aromatic carbocycles. The average molecular weight is 362 g/mol. The molecule has 1 saturated carbocycles. The van der Waals surface area contributed by atoms with Gasteiger partial charge < -0.3 is 4.74 Å². The van der Waals surface area contributed by atoms with Crippen LogP contribution in [0.1, 0.15) is 48.9 Å². The molecule has 140 valence electrons. The van der Waals surface area contributed by atoms with Crippen LogP contribution in [0.25, 0.3) is 5.69 Å². The molecule has 3 atom stereocenters. The second-order valence-corrected chi connectivity index (χ2v) is 8.57. The van der Waals surface area contributed by atoms with Gasteiger partial charge in [-0.25, -0.2) is 9.48 Å². The van der Waals surface area contributed by atoms with Crippen molar-refractivity contribution in [2.24, 2.45) is 22.7 Å². The Kier molecular flexibility index (Phi) is 3.96. The number of nitrogens with zero attached hydrogens (tertiary/aromatic N) is 2. The summed E-state index contributed by atoms with van der Waals surface area (Å²) >= 11 is 0. The summed E-state index contributed by atoms with van der Waals surface area (Å²) in [6.07, 6.45) is 0.992. The van der Waals surface area contributed by atoms with E-state index in [2.05, 4.69) is 37.7 Å². The van der Waals surface area contributed by atoms with E-state index in [4.69, 9.17) is 4.74 Å². The predicted octanol–water partition coefficient (Wildman–Crippen LogP) is 4.33. The lowest BCUT2D eigenvalue weighted by atomic mass is 9.85. The summed E-state index contributed by atoms with van der Waals surface area (Å²) in [4.78, 5) is 12.9. The molecule has 4 rings (SSSR count). The number of rotatable bonds is 4. The number of hydrogen-bond acceptors (Lipinski definition) is 3. The molecule has 0 spiro atoms. The van der Waals surface area contributed by atoms with Gasteiger partial charge in [0.1, 0.15) is 5.56 Å². The molecule has 1 aromatic heterocycles. The Balaban J connectivity index is 1.55. The van der Waals surface area contributed by atoms with Crippen LogP contribution in [0.2, 0.25) is 0 Å². The molecule has 1 fully saturated rings. The molecule has 2 aliphatic rings. The molecule has 2 aromatic rings. The number of hydrogen-bond donors (Lipinski definition) is 0. The highest BCUT2D eigenvalue weighted by Crippen LogP contribution is 2.72. The lowest BCUT2D eigenvalue weighted by Gasteiger charge is -2.23. The maximum absolute atomic E-state index is 12.9. The van der Waals surface area contributed by atoms with Crippen LogP contribution in [0, 0.1) is 48.4 Å². The molecule has 0 amide bonds. The number of carbonyl (C=O) groups is 1. The van der Waals surface area contributed by atoms with Crippen LogP contribution in [0.5, 0.6) is 0 Å². The summed E-state index contributed by atoms with van der Waals surface area (Å²) in [7, 11) is 0. The highest BCUT2D eigenvalue weighted by molar-refractivity contribution is 5.92. The van der Waals surface area contributed by atoms with Crippen LogP contribution in [0.15, 0.2) is 30.3 Å². The molecule has 2 aliphatic carbocycles. The molecule has 4 nitrogen and oxygen atoms in total. The molecular formula is C23H26N2O2. The summed E-state index contributed by atoms with van der Waals surface area (Å²) in [5.41, 5.74) is 3.11. The zero-order valence-electron chi connectivity index (χ0n) is 16.7. The third kappa shape index (κ3) is 2.60. The van der Waals surface area contributed by atoms with E-state index in [1.807, 2.05) is 48.9 Å². The molecule has 0 N–H and O–H groups in total. The first-order valence-electron chi connectivity index (χ1n) is 9.58. The molecule has 0 bridgehead atoms. The third-order valence-corrected chi connectivity index (χ3v) is 6.58. The fourth-order valence-electron chi connectivity index (χ4n) is 4.82. The summed E-state index contributed by atoms with van der Waals surface area (Å²) < 4.78 is 7.65. The first-order chi connectivity index (χ1) is 12.8. The quantitative estimate of drug-likeness (QED) is 0.601. The number of ether oxygens (including phenoxy) is 1. The molecule has 0 saturated heterocycles. The average Bonchev–Trinajstić information content (AvgIpc) is 2.94. The Hall–Kier alpha value is -2.54. The second-order valence-electron chi connectivity index (χ2n) is 8.57. The fourth-order valence-corrected chi connectivity index (χ4v) is 4.82. The van der Waals surface area contributed by atoms with Crippen LogP contribution in [0.4, 0.5) is 0 Å². The predicted molar refractivity (Wildman–Crippen MR) is 105 cm³/mol. The van der Waals surface area contributed by atoms with Crippen molar-refractivity contribution in [1.82, 2.24) is 9.78 Å². The van der Waals surface area contributed by atoms with Gasteiger partial charge in [-0.3, -0.25) is 0 Å². The fraction of sp³-hybridized carbons (Fsp3) is 0.478. The standard InChI is InChI=1S/C23H26N2O2/c1-15-11-12-19-22(4,5)23(19,13-15)14-27-21(26)20-16(2)24-25(17(20)3)18-9-7-6-8-10-18/h6-10,15,19H,13-14H2,1-5H3. The number of benzene rings is 1. The SMILES string of the molecule is Cc1nn(-c2ccccc2)c(C)c1C(=O)OCC12CC(C)C#CC1C2(C)C. The Morgan fingerprint density at radius 3 is 2.67 bits per heavy atom. The summed E-state index contributed by atoms with van der Waals surface area (Å²) in [6, 6.07) is 9.85. The number of fused-ring (bicyclic) bond motifs is 1. The van der Waals surface area contributed by atoms with Gasteiger partial charge in [0.05, 0.1) is 23.7 Å². The summed E-state index contributed by atoms with van der Waals surface area (Å²) in [5.74, 6) is 7.09. The van der Waals surface area contributed by atoms with E-state index in [1.165, 1.54) is 0 Å². The monoisotopic (exact) mass is 362 g/mol. The molecule has 1 heterocycles. The lowest BCUT2D eigenvalue weighted by Crippen LogP contribution is -2.24. The van der Waals surface area contributed by atoms with Crippen molar-refractivity contribution >= 4 is 5.97 Å². The van der Waals surface area contributed by atoms with Crippen molar-refractivity contribution in [3.63, 3.8) is 0 Å². The number of para-hydroxylation sites is 1. The number of carbonyl (C=O) groups excluding carboxylic acids is 1. The number of aromatic nitrogens is 2. The molecule has 3 unspecified atom stereocenters. The van der Waals surface area contributed by atoms with Gasteiger partial charge in [-0.1, -0.05) is 50.8 Å². The zero-order chi connectivity index (χ0) is 19.4. The highest BCUT2D eigenvalue weighted by atomic mass is 16.5. The maximum atomic E-state index is 12.9. The highest BCUT2D eigenvalue weighted by Gasteiger charge is 2.71. The van der Waals surface area contributed by atoms with Crippen molar-refractivity contribution in [3.05, 3.63) is 47.3 Å². The van der Waals surface area contributed by atoms with Crippen molar-refractivity contribution in [2.45, 2.75) is 41.0 Å². The van der Waals surface area contributed by atoms with Crippen molar-refractivity contribution < 1.29 is 9.53 Å². The topological polar surface area (TPSA) is 44.1 Å². The summed E-state index contributed by atoms with van der Waals surface area (Å²) in [5, 5.41) is 4.56. The van der Waals surface area contributed by atoms with Gasteiger partial charge in [0.25, 0.3) is 0 Å². The normalized spacial score (nSPS) is 27.3. The van der Waals surface area contributed by atoms with E-state index in [1.54, 1.807) is 0 Å². The molecule has 27 heavy (non-hydrogen) atoms. The van der Waals surface area contributed by atoms with Crippen molar-refractivity contribution in [2.75, 3.05) is 6.61 Å². The van der Waals surface area contributed by atoms with E-state index >= 15 is 0 Å². The van der Waals surface area contributed by atoms with Gasteiger partial charge in [-0.2, -0.15) is 5.10 Å². The molecular weight excluding hydrogens is 336 g/mol. The molecule has 0 aliphatic heterocycles. The lowest BCUT2D eigenvalue weighted by molar-refractivity contribution is 0.0351. The second kappa shape index (κ2) is 5.99. The van der Waals surface area contributed by atoms with Gasteiger partial charge >= 0.3 is 5.97 Å². The minimum Gasteiger partial charge on any atom is -0.461 e. The van der Waals surface area contributed by atoms with E-state index in [-0.39, 0.29) is 16.8 Å². The Morgan fingerprint density at radius 1 is 1.26 bits per heavy atom. The van der Waals surface area contributed by atoms with E-state index in [9.17, 15) is 4.79 Å². The largest absolute Gasteiger partial charge is 0.461 e. The van der Waals surface area contributed by atoms with Gasteiger partial charge in [0.2, 0.25) is 0 Å². The number of aryl methyl sites for hydroxylation is 1. The van der Waals surface area contributed by atoms with Crippen LogP contribution in [-0.4, -0.2) is 22.4 Å². The van der Waals surface area contributed by atoms with Gasteiger partial charge in [0, 0.05) is 17.3 Å². The van der Waals surface area contributed by atoms with Crippen molar-refractivity contribution in [3.8, 4) is 17.5 Å². The van der Waals surface area contributed by atoms with Crippen LogP contribution in [-0.2, 0) is 4.74 Å². The summed E-state index contributed by atoms with van der Waals surface area (Å²) in [6.45, 7) is 10.8. The first kappa shape index (κ1) is 17.9. The number of esters is 1. The minimum atomic E-state index is -0.283. The Bertz CT molecular complexity index is 961. The third-order valence-electron chi connectivity index (χ3n) is 6.58. The smallest absolute Gasteiger partial charge is 0.341 e. The van der Waals surface area contributed by atoms with E-state index in [0.29, 0.717) is 29.7 Å². The Morgan fingerprint density at radius 2 is 1.96 bits per heavy atom. The molecule has 0 radical (unpaired) electrons. The Labute approximate surface area is 160 Å². The maximum Gasteiger partial charge on any atom is 0.341 e. The van der Waals surface area contributed by atoms with Gasteiger partial charge in [-0.05, 0) is 37.8 Å². The van der Waals surface area contributed by atoms with E-state index < -0.39 is 0 Å². The van der Waals surface area contributed by atoms with Crippen molar-refractivity contribution in [1.29, 1.82) is 0 Å². The van der Waals surface area contributed by atoms with E-state index in [0.717, 1.165) is 17.8 Å². The minimum absolute atomic E-state index is 0.00936. The zero-order valence-corrected chi connectivity index (χ0v) is 16.7. The van der Waals surface area contributed by atoms with Crippen LogP contribution in [0.3, 0.4) is 0 Å².